The zero-order valence-corrected chi connectivity index (χ0v) is 21.6. The second-order valence-corrected chi connectivity index (χ2v) is 11.6. The third kappa shape index (κ3) is 4.77. The minimum Gasteiger partial charge on any atom is -0.492 e. The number of anilines is 1. The van der Waals surface area contributed by atoms with Crippen LogP contribution in [0, 0.1) is 11.7 Å². The highest BCUT2D eigenvalue weighted by molar-refractivity contribution is 7.92. The SMILES string of the molecule is CCN1CCC[C@H]1C(=O)N(C)Cc1cc(F)ccc1S(=O)(=O)Nc1ccc2c(c1C(=O)O)OC[C@H]1C[C@@H]21. The summed E-state index contributed by atoms with van der Waals surface area (Å²) >= 11 is 0. The monoisotopic (exact) mass is 531 g/mol. The molecular weight excluding hydrogens is 501 g/mol. The molecule has 2 fully saturated rings. The van der Waals surface area contributed by atoms with Gasteiger partial charge in [-0.2, -0.15) is 0 Å². The fraction of sp³-hybridized carbons (Fsp3) is 0.462. The Morgan fingerprint density at radius 1 is 1.27 bits per heavy atom. The number of hydrogen-bond acceptors (Lipinski definition) is 6. The largest absolute Gasteiger partial charge is 0.492 e. The normalized spacial score (nSPS) is 22.5. The summed E-state index contributed by atoms with van der Waals surface area (Å²) in [6.07, 6.45) is 2.53. The molecule has 2 aromatic carbocycles. The lowest BCUT2D eigenvalue weighted by atomic mass is 10.0. The molecule has 1 saturated heterocycles. The molecule has 37 heavy (non-hydrogen) atoms. The molecule has 11 heteroatoms. The van der Waals surface area contributed by atoms with Crippen LogP contribution in [0.4, 0.5) is 10.1 Å². The van der Waals surface area contributed by atoms with Gasteiger partial charge < -0.3 is 14.7 Å². The Morgan fingerprint density at radius 3 is 2.78 bits per heavy atom. The van der Waals surface area contributed by atoms with E-state index >= 15 is 0 Å². The van der Waals surface area contributed by atoms with Crippen molar-refractivity contribution in [1.29, 1.82) is 0 Å². The predicted molar refractivity (Wildman–Crippen MR) is 134 cm³/mol. The van der Waals surface area contributed by atoms with Gasteiger partial charge in [-0.25, -0.2) is 17.6 Å². The highest BCUT2D eigenvalue weighted by Gasteiger charge is 2.45. The molecular formula is C26H30FN3O6S. The van der Waals surface area contributed by atoms with Gasteiger partial charge in [0.1, 0.15) is 17.1 Å². The summed E-state index contributed by atoms with van der Waals surface area (Å²) in [6.45, 7) is 3.80. The number of nitrogens with one attached hydrogen (secondary N) is 1. The number of aromatic carboxylic acids is 1. The summed E-state index contributed by atoms with van der Waals surface area (Å²) in [7, 11) is -2.77. The number of likely N-dealkylation sites (N-methyl/N-ethyl adjacent to an activating group) is 2. The number of likely N-dealkylation sites (tertiary alicyclic amines) is 1. The molecule has 0 unspecified atom stereocenters. The van der Waals surface area contributed by atoms with Crippen LogP contribution in [-0.2, 0) is 21.4 Å². The van der Waals surface area contributed by atoms with Gasteiger partial charge in [0.2, 0.25) is 5.91 Å². The van der Waals surface area contributed by atoms with Gasteiger partial charge in [-0.1, -0.05) is 13.0 Å². The van der Waals surface area contributed by atoms with Crippen LogP contribution in [0.2, 0.25) is 0 Å². The number of benzene rings is 2. The fourth-order valence-electron chi connectivity index (χ4n) is 5.55. The van der Waals surface area contributed by atoms with Crippen molar-refractivity contribution in [2.24, 2.45) is 5.92 Å². The van der Waals surface area contributed by atoms with E-state index in [0.717, 1.165) is 49.7 Å². The zero-order valence-electron chi connectivity index (χ0n) is 20.7. The van der Waals surface area contributed by atoms with Crippen molar-refractivity contribution in [2.75, 3.05) is 31.5 Å². The van der Waals surface area contributed by atoms with Gasteiger partial charge in [-0.05, 0) is 73.7 Å². The van der Waals surface area contributed by atoms with E-state index in [2.05, 4.69) is 9.62 Å². The second kappa shape index (κ2) is 9.60. The first kappa shape index (κ1) is 25.5. The Hall–Kier alpha value is -3.18. The lowest BCUT2D eigenvalue weighted by molar-refractivity contribution is -0.135. The maximum absolute atomic E-state index is 14.2. The number of carboxylic acid groups (broad SMARTS) is 1. The number of carbonyl (C=O) groups is 2. The van der Waals surface area contributed by atoms with E-state index in [1.165, 1.54) is 11.0 Å². The van der Waals surface area contributed by atoms with Crippen molar-refractivity contribution in [2.45, 2.75) is 49.6 Å². The lowest BCUT2D eigenvalue weighted by Crippen LogP contribution is -2.43. The average molecular weight is 532 g/mol. The first-order chi connectivity index (χ1) is 17.6. The van der Waals surface area contributed by atoms with Gasteiger partial charge in [0.25, 0.3) is 10.0 Å². The number of carbonyl (C=O) groups excluding carboxylic acids is 1. The van der Waals surface area contributed by atoms with Crippen molar-refractivity contribution >= 4 is 27.6 Å². The number of fused-ring (bicyclic) bond motifs is 3. The first-order valence-electron chi connectivity index (χ1n) is 12.4. The Labute approximate surface area is 215 Å². The topological polar surface area (TPSA) is 116 Å². The van der Waals surface area contributed by atoms with Crippen molar-refractivity contribution in [3.8, 4) is 5.75 Å². The van der Waals surface area contributed by atoms with Crippen molar-refractivity contribution in [1.82, 2.24) is 9.80 Å². The van der Waals surface area contributed by atoms with Gasteiger partial charge in [0.05, 0.1) is 23.2 Å². The Bertz CT molecular complexity index is 1360. The highest BCUT2D eigenvalue weighted by Crippen LogP contribution is 2.55. The summed E-state index contributed by atoms with van der Waals surface area (Å²) in [6, 6.07) is 6.08. The molecule has 0 aromatic heterocycles. The summed E-state index contributed by atoms with van der Waals surface area (Å²) in [5.74, 6) is -1.32. The number of nitrogens with zero attached hydrogens (tertiary/aromatic N) is 2. The number of carboxylic acids is 1. The van der Waals surface area contributed by atoms with Gasteiger partial charge in [0, 0.05) is 19.5 Å². The van der Waals surface area contributed by atoms with E-state index in [0.29, 0.717) is 18.9 Å². The van der Waals surface area contributed by atoms with Crippen molar-refractivity contribution in [3.63, 3.8) is 0 Å². The standard InChI is InChI=1S/C26H30FN3O6S/c1-3-30-10-4-5-21(30)25(31)29(2)13-15-11-17(27)6-9-22(15)37(34,35)28-20-8-7-18-19-12-16(19)14-36-24(18)23(20)26(32)33/h6-9,11,16,19,21,28H,3-5,10,12-14H2,1-2H3,(H,32,33)/t16-,19-,21+/m1/s1. The van der Waals surface area contributed by atoms with Gasteiger partial charge in [-0.3, -0.25) is 14.4 Å². The molecule has 2 N–H and O–H groups in total. The molecule has 3 aliphatic rings. The predicted octanol–water partition coefficient (Wildman–Crippen LogP) is 3.26. The Morgan fingerprint density at radius 2 is 2.05 bits per heavy atom. The number of sulfonamides is 1. The zero-order chi connectivity index (χ0) is 26.5. The molecule has 0 spiro atoms. The van der Waals surface area contributed by atoms with E-state index in [-0.39, 0.29) is 51.9 Å². The maximum Gasteiger partial charge on any atom is 0.341 e. The molecule has 1 saturated carbocycles. The maximum atomic E-state index is 14.2. The van der Waals surface area contributed by atoms with Crippen LogP contribution in [0.1, 0.15) is 53.6 Å². The highest BCUT2D eigenvalue weighted by atomic mass is 32.2. The van der Waals surface area contributed by atoms with Crippen molar-refractivity contribution < 1.29 is 32.2 Å². The van der Waals surface area contributed by atoms with Gasteiger partial charge in [-0.15, -0.1) is 0 Å². The molecule has 198 valence electrons. The summed E-state index contributed by atoms with van der Waals surface area (Å²) in [4.78, 5) is 28.5. The fourth-order valence-corrected chi connectivity index (χ4v) is 6.84. The van der Waals surface area contributed by atoms with Crippen LogP contribution in [0.25, 0.3) is 0 Å². The van der Waals surface area contributed by atoms with Crippen LogP contribution in [0.3, 0.4) is 0 Å². The molecule has 2 aromatic rings. The Kier molecular flexibility index (Phi) is 6.61. The second-order valence-electron chi connectivity index (χ2n) is 9.96. The van der Waals surface area contributed by atoms with Gasteiger partial charge >= 0.3 is 5.97 Å². The van der Waals surface area contributed by atoms with Crippen LogP contribution < -0.4 is 9.46 Å². The van der Waals surface area contributed by atoms with Crippen LogP contribution in [0.5, 0.6) is 5.75 Å². The third-order valence-electron chi connectivity index (χ3n) is 7.56. The van der Waals surface area contributed by atoms with E-state index in [4.69, 9.17) is 4.74 Å². The summed E-state index contributed by atoms with van der Waals surface area (Å²) < 4.78 is 49.2. The first-order valence-corrected chi connectivity index (χ1v) is 13.9. The summed E-state index contributed by atoms with van der Waals surface area (Å²) in [5, 5.41) is 9.89. The number of halogens is 1. The molecule has 1 amide bonds. The van der Waals surface area contributed by atoms with E-state index in [1.807, 2.05) is 6.92 Å². The quantitative estimate of drug-likeness (QED) is 0.537. The molecule has 0 radical (unpaired) electrons. The molecule has 9 nitrogen and oxygen atoms in total. The number of hydrogen-bond donors (Lipinski definition) is 2. The average Bonchev–Trinajstić information content (AvgIpc) is 3.49. The Balaban J connectivity index is 1.44. The van der Waals surface area contributed by atoms with Crippen LogP contribution >= 0.6 is 0 Å². The molecule has 0 bridgehead atoms. The van der Waals surface area contributed by atoms with E-state index < -0.39 is 21.8 Å². The molecule has 2 aliphatic heterocycles. The van der Waals surface area contributed by atoms with Crippen LogP contribution in [0.15, 0.2) is 35.2 Å². The lowest BCUT2D eigenvalue weighted by Gasteiger charge is -2.27. The molecule has 5 rings (SSSR count). The number of ether oxygens (including phenoxy) is 1. The van der Waals surface area contributed by atoms with E-state index in [9.17, 15) is 27.5 Å². The number of rotatable bonds is 8. The summed E-state index contributed by atoms with van der Waals surface area (Å²) in [5.41, 5.74) is 0.487. The molecule has 3 atom stereocenters. The number of amides is 1. The van der Waals surface area contributed by atoms with Crippen LogP contribution in [-0.4, -0.2) is 68.0 Å². The van der Waals surface area contributed by atoms with Gasteiger partial charge in [0.15, 0.2) is 0 Å². The van der Waals surface area contributed by atoms with Crippen molar-refractivity contribution in [3.05, 3.63) is 52.8 Å². The minimum atomic E-state index is -4.34. The molecule has 2 heterocycles. The third-order valence-corrected chi connectivity index (χ3v) is 9.03. The van der Waals surface area contributed by atoms with E-state index in [1.54, 1.807) is 13.1 Å². The smallest absolute Gasteiger partial charge is 0.341 e. The molecule has 1 aliphatic carbocycles. The minimum absolute atomic E-state index is 0.0938.